The van der Waals surface area contributed by atoms with Crippen molar-refractivity contribution in [2.75, 3.05) is 19.3 Å². The molecular formula is C13H19N3O. The Kier molecular flexibility index (Phi) is 3.64. The van der Waals surface area contributed by atoms with Gasteiger partial charge in [0.1, 0.15) is 0 Å². The van der Waals surface area contributed by atoms with Crippen molar-refractivity contribution in [2.45, 2.75) is 25.4 Å². The molecule has 1 amide bonds. The average molecular weight is 233 g/mol. The summed E-state index contributed by atoms with van der Waals surface area (Å²) in [6.45, 7) is 1.26. The van der Waals surface area contributed by atoms with Gasteiger partial charge in [-0.2, -0.15) is 0 Å². The average Bonchev–Trinajstić information content (AvgIpc) is 3.12. The Morgan fingerprint density at radius 3 is 2.88 bits per heavy atom. The van der Waals surface area contributed by atoms with Crippen molar-refractivity contribution in [3.05, 3.63) is 29.8 Å². The molecule has 1 aliphatic carbocycles. The molecule has 0 unspecified atom stereocenters. The lowest BCUT2D eigenvalue weighted by molar-refractivity contribution is -0.122. The third-order valence-corrected chi connectivity index (χ3v) is 3.03. The van der Waals surface area contributed by atoms with Crippen LogP contribution in [0, 0.1) is 0 Å². The second-order valence-electron chi connectivity index (χ2n) is 4.55. The lowest BCUT2D eigenvalue weighted by Gasteiger charge is -2.21. The van der Waals surface area contributed by atoms with Crippen molar-refractivity contribution in [1.82, 2.24) is 10.2 Å². The smallest absolute Gasteiger partial charge is 0.233 e. The largest absolute Gasteiger partial charge is 0.399 e. The third-order valence-electron chi connectivity index (χ3n) is 3.03. The minimum absolute atomic E-state index is 0.0702. The van der Waals surface area contributed by atoms with Crippen molar-refractivity contribution in [1.29, 1.82) is 0 Å². The fourth-order valence-corrected chi connectivity index (χ4v) is 1.94. The van der Waals surface area contributed by atoms with Gasteiger partial charge in [0.05, 0.1) is 6.54 Å². The lowest BCUT2D eigenvalue weighted by Crippen LogP contribution is -2.36. The zero-order valence-corrected chi connectivity index (χ0v) is 10.1. The summed E-state index contributed by atoms with van der Waals surface area (Å²) >= 11 is 0. The topological polar surface area (TPSA) is 58.4 Å². The van der Waals surface area contributed by atoms with E-state index in [2.05, 4.69) is 16.3 Å². The number of likely N-dealkylation sites (N-methyl/N-ethyl adjacent to an activating group) is 1. The SMILES string of the molecule is CNC(=O)CN(Cc1cccc(N)c1)C1CC1. The normalized spacial score (nSPS) is 14.9. The molecule has 0 saturated heterocycles. The molecule has 0 aliphatic heterocycles. The van der Waals surface area contributed by atoms with Gasteiger partial charge in [0.15, 0.2) is 0 Å². The standard InChI is InChI=1S/C13H19N3O/c1-15-13(17)9-16(12-5-6-12)8-10-3-2-4-11(14)7-10/h2-4,7,12H,5-6,8-9,14H2,1H3,(H,15,17). The molecule has 17 heavy (non-hydrogen) atoms. The predicted molar refractivity (Wildman–Crippen MR) is 68.4 cm³/mol. The summed E-state index contributed by atoms with van der Waals surface area (Å²) in [5.41, 5.74) is 7.70. The molecule has 1 fully saturated rings. The molecule has 0 aromatic heterocycles. The number of rotatable bonds is 5. The van der Waals surface area contributed by atoms with Crippen LogP contribution in [0.5, 0.6) is 0 Å². The Morgan fingerprint density at radius 1 is 1.53 bits per heavy atom. The molecule has 0 heterocycles. The summed E-state index contributed by atoms with van der Waals surface area (Å²) in [6, 6.07) is 8.42. The van der Waals surface area contributed by atoms with Gasteiger partial charge < -0.3 is 11.1 Å². The number of hydrogen-bond donors (Lipinski definition) is 2. The van der Waals surface area contributed by atoms with E-state index in [4.69, 9.17) is 5.73 Å². The van der Waals surface area contributed by atoms with Crippen LogP contribution in [0.1, 0.15) is 18.4 Å². The summed E-state index contributed by atoms with van der Waals surface area (Å²) < 4.78 is 0. The zero-order valence-electron chi connectivity index (χ0n) is 10.1. The third kappa shape index (κ3) is 3.46. The summed E-state index contributed by atoms with van der Waals surface area (Å²) in [5.74, 6) is 0.0702. The van der Waals surface area contributed by atoms with Gasteiger partial charge >= 0.3 is 0 Å². The Morgan fingerprint density at radius 2 is 2.29 bits per heavy atom. The minimum Gasteiger partial charge on any atom is -0.399 e. The van der Waals surface area contributed by atoms with E-state index in [0.29, 0.717) is 12.6 Å². The Labute approximate surface area is 102 Å². The van der Waals surface area contributed by atoms with E-state index in [-0.39, 0.29) is 5.91 Å². The van der Waals surface area contributed by atoms with Gasteiger partial charge in [-0.15, -0.1) is 0 Å². The van der Waals surface area contributed by atoms with Crippen LogP contribution in [0.25, 0.3) is 0 Å². The van der Waals surface area contributed by atoms with Crippen molar-refractivity contribution in [3.63, 3.8) is 0 Å². The molecule has 4 heteroatoms. The second kappa shape index (κ2) is 5.19. The van der Waals surface area contributed by atoms with E-state index < -0.39 is 0 Å². The molecule has 0 bridgehead atoms. The molecule has 3 N–H and O–H groups in total. The van der Waals surface area contributed by atoms with E-state index in [9.17, 15) is 4.79 Å². The van der Waals surface area contributed by atoms with E-state index in [1.54, 1.807) is 7.05 Å². The van der Waals surface area contributed by atoms with E-state index in [1.165, 1.54) is 18.4 Å². The van der Waals surface area contributed by atoms with Crippen LogP contribution in [0.3, 0.4) is 0 Å². The van der Waals surface area contributed by atoms with Gasteiger partial charge in [-0.3, -0.25) is 9.69 Å². The fourth-order valence-electron chi connectivity index (χ4n) is 1.94. The summed E-state index contributed by atoms with van der Waals surface area (Å²) in [4.78, 5) is 13.6. The maximum absolute atomic E-state index is 11.4. The van der Waals surface area contributed by atoms with E-state index >= 15 is 0 Å². The number of nitrogens with zero attached hydrogens (tertiary/aromatic N) is 1. The second-order valence-corrected chi connectivity index (χ2v) is 4.55. The van der Waals surface area contributed by atoms with Crippen LogP contribution >= 0.6 is 0 Å². The highest BCUT2D eigenvalue weighted by Gasteiger charge is 2.29. The maximum atomic E-state index is 11.4. The van der Waals surface area contributed by atoms with Crippen LogP contribution in [0.15, 0.2) is 24.3 Å². The van der Waals surface area contributed by atoms with Gasteiger partial charge in [-0.1, -0.05) is 12.1 Å². The summed E-state index contributed by atoms with van der Waals surface area (Å²) in [6.07, 6.45) is 2.39. The first kappa shape index (κ1) is 11.9. The maximum Gasteiger partial charge on any atom is 0.233 e. The number of nitrogen functional groups attached to an aromatic ring is 1. The lowest BCUT2D eigenvalue weighted by atomic mass is 10.2. The highest BCUT2D eigenvalue weighted by atomic mass is 16.1. The first-order valence-corrected chi connectivity index (χ1v) is 5.98. The number of amides is 1. The van der Waals surface area contributed by atoms with Crippen molar-refractivity contribution in [3.8, 4) is 0 Å². The molecule has 0 spiro atoms. The Bertz CT molecular complexity index is 401. The van der Waals surface area contributed by atoms with Crippen LogP contribution in [-0.4, -0.2) is 30.4 Å². The van der Waals surface area contributed by atoms with Crippen molar-refractivity contribution >= 4 is 11.6 Å². The van der Waals surface area contributed by atoms with Crippen LogP contribution < -0.4 is 11.1 Å². The highest BCUT2D eigenvalue weighted by Crippen LogP contribution is 2.28. The molecule has 92 valence electrons. The number of carbonyl (C=O) groups excluding carboxylic acids is 1. The Hall–Kier alpha value is -1.55. The zero-order chi connectivity index (χ0) is 12.3. The molecule has 0 atom stereocenters. The van der Waals surface area contributed by atoms with Crippen molar-refractivity contribution in [2.24, 2.45) is 0 Å². The van der Waals surface area contributed by atoms with Gasteiger partial charge in [-0.25, -0.2) is 0 Å². The number of benzene rings is 1. The molecule has 1 aliphatic rings. The number of anilines is 1. The Balaban J connectivity index is 2.00. The monoisotopic (exact) mass is 233 g/mol. The number of carbonyl (C=O) groups is 1. The number of hydrogen-bond acceptors (Lipinski definition) is 3. The first-order chi connectivity index (χ1) is 8.19. The van der Waals surface area contributed by atoms with E-state index in [1.807, 2.05) is 18.2 Å². The van der Waals surface area contributed by atoms with Crippen molar-refractivity contribution < 1.29 is 4.79 Å². The van der Waals surface area contributed by atoms with Gasteiger partial charge in [-0.05, 0) is 30.5 Å². The molecule has 2 rings (SSSR count). The molecule has 4 nitrogen and oxygen atoms in total. The van der Waals surface area contributed by atoms with Crippen LogP contribution in [-0.2, 0) is 11.3 Å². The molecule has 1 saturated carbocycles. The minimum atomic E-state index is 0.0702. The molecule has 1 aromatic rings. The fraction of sp³-hybridized carbons (Fsp3) is 0.462. The van der Waals surface area contributed by atoms with Gasteiger partial charge in [0, 0.05) is 25.3 Å². The highest BCUT2D eigenvalue weighted by molar-refractivity contribution is 5.77. The molecular weight excluding hydrogens is 214 g/mol. The predicted octanol–water partition coefficient (Wildman–Crippen LogP) is 0.979. The van der Waals surface area contributed by atoms with Gasteiger partial charge in [0.25, 0.3) is 0 Å². The summed E-state index contributed by atoms with van der Waals surface area (Å²) in [5, 5.41) is 2.67. The summed E-state index contributed by atoms with van der Waals surface area (Å²) in [7, 11) is 1.67. The van der Waals surface area contributed by atoms with Crippen LogP contribution in [0.2, 0.25) is 0 Å². The van der Waals surface area contributed by atoms with Gasteiger partial charge in [0.2, 0.25) is 5.91 Å². The first-order valence-electron chi connectivity index (χ1n) is 5.98. The van der Waals surface area contributed by atoms with Crippen LogP contribution in [0.4, 0.5) is 5.69 Å². The number of nitrogens with one attached hydrogen (secondary N) is 1. The molecule has 0 radical (unpaired) electrons. The number of nitrogens with two attached hydrogens (primary N) is 1. The molecule has 1 aromatic carbocycles. The quantitative estimate of drug-likeness (QED) is 0.745. The van der Waals surface area contributed by atoms with E-state index in [0.717, 1.165) is 12.2 Å².